The van der Waals surface area contributed by atoms with Crippen LogP contribution in [0.15, 0.2) is 24.3 Å². The molecule has 0 saturated heterocycles. The second-order valence-electron chi connectivity index (χ2n) is 8.66. The number of halogens is 2. The van der Waals surface area contributed by atoms with Gasteiger partial charge in [0.1, 0.15) is 0 Å². The summed E-state index contributed by atoms with van der Waals surface area (Å²) < 4.78 is 0. The molecule has 3 rings (SSSR count). The molecule has 0 amide bonds. The molecule has 0 radical (unpaired) electrons. The first-order valence-corrected chi connectivity index (χ1v) is 17.3. The third-order valence-corrected chi connectivity index (χ3v) is 7.94. The van der Waals surface area contributed by atoms with Gasteiger partial charge in [-0.25, -0.2) is 0 Å². The first-order chi connectivity index (χ1) is 12.7. The average Bonchev–Trinajstić information content (AvgIpc) is 3.32. The summed E-state index contributed by atoms with van der Waals surface area (Å²) in [5.74, 6) is 4.57. The molecule has 3 aliphatic carbocycles. The molecule has 3 aliphatic rings. The molecule has 0 spiro atoms. The topological polar surface area (TPSA) is 0 Å². The van der Waals surface area contributed by atoms with Gasteiger partial charge in [0.15, 0.2) is 0 Å². The van der Waals surface area contributed by atoms with E-state index in [1.807, 2.05) is 0 Å². The molecule has 0 aromatic carbocycles. The molecule has 28 heavy (non-hydrogen) atoms. The fourth-order valence-corrected chi connectivity index (χ4v) is 6.71. The molecule has 0 aromatic rings. The van der Waals surface area contributed by atoms with Crippen LogP contribution in [0.25, 0.3) is 0 Å². The molecule has 0 aromatic heterocycles. The number of unbranched alkanes of at least 4 members (excludes halogenated alkanes) is 1. The second kappa shape index (κ2) is 14.9. The molecular formula is C25H44Cl2Zr. The van der Waals surface area contributed by atoms with Crippen molar-refractivity contribution >= 4 is 17.0 Å². The van der Waals surface area contributed by atoms with E-state index in [1.54, 1.807) is 0 Å². The van der Waals surface area contributed by atoms with Gasteiger partial charge in [0, 0.05) is 0 Å². The van der Waals surface area contributed by atoms with Gasteiger partial charge in [-0.3, -0.25) is 0 Å². The Morgan fingerprint density at radius 2 is 1.46 bits per heavy atom. The number of hydrogen-bond acceptors (Lipinski definition) is 0. The average molecular weight is 507 g/mol. The van der Waals surface area contributed by atoms with Crippen LogP contribution < -0.4 is 0 Å². The normalized spacial score (nSPS) is 28.5. The van der Waals surface area contributed by atoms with Gasteiger partial charge in [0.2, 0.25) is 0 Å². The fourth-order valence-electron chi connectivity index (χ4n) is 6.71. The zero-order valence-corrected chi connectivity index (χ0v) is 23.0. The molecule has 4 unspecified atom stereocenters. The first-order valence-electron chi connectivity index (χ1n) is 11.0. The third kappa shape index (κ3) is 6.47. The zero-order valence-electron chi connectivity index (χ0n) is 19.0. The summed E-state index contributed by atoms with van der Waals surface area (Å²) in [6, 6.07) is 0. The molecule has 4 atom stereocenters. The van der Waals surface area contributed by atoms with Gasteiger partial charge in [-0.2, -0.15) is 0 Å². The van der Waals surface area contributed by atoms with Gasteiger partial charge in [-0.15, -0.1) is 0 Å². The van der Waals surface area contributed by atoms with Crippen LogP contribution in [0.5, 0.6) is 0 Å². The summed E-state index contributed by atoms with van der Waals surface area (Å²) >= 11 is -0.826. The van der Waals surface area contributed by atoms with Crippen molar-refractivity contribution in [2.45, 2.75) is 85.0 Å². The van der Waals surface area contributed by atoms with Gasteiger partial charge in [0.25, 0.3) is 0 Å². The minimum atomic E-state index is -0.826. The molecule has 0 N–H and O–H groups in total. The monoisotopic (exact) mass is 504 g/mol. The van der Waals surface area contributed by atoms with E-state index in [2.05, 4.69) is 45.1 Å². The van der Waals surface area contributed by atoms with Crippen LogP contribution in [0.3, 0.4) is 0 Å². The third-order valence-electron chi connectivity index (χ3n) is 7.94. The minimum absolute atomic E-state index is 0. The molecule has 162 valence electrons. The van der Waals surface area contributed by atoms with Crippen LogP contribution in [0.1, 0.15) is 85.0 Å². The van der Waals surface area contributed by atoms with Crippen molar-refractivity contribution in [1.82, 2.24) is 0 Å². The van der Waals surface area contributed by atoms with Crippen molar-refractivity contribution in [3.05, 3.63) is 39.2 Å². The van der Waals surface area contributed by atoms with Crippen LogP contribution in [0, 0.1) is 49.9 Å². The summed E-state index contributed by atoms with van der Waals surface area (Å²) in [5.41, 5.74) is 0.621. The number of rotatable bonds is 7. The molecule has 2 fully saturated rings. The summed E-state index contributed by atoms with van der Waals surface area (Å²) in [6.45, 7) is 7.35. The summed E-state index contributed by atoms with van der Waals surface area (Å²) in [6.07, 6.45) is 24.4. The van der Waals surface area contributed by atoms with Crippen LogP contribution >= 0.6 is 17.0 Å². The number of allylic oxidation sites excluding steroid dienone is 4. The van der Waals surface area contributed by atoms with Gasteiger partial charge < -0.3 is 14.9 Å². The van der Waals surface area contributed by atoms with Crippen LogP contribution in [0.2, 0.25) is 0 Å². The quantitative estimate of drug-likeness (QED) is 0.302. The Morgan fingerprint density at radius 3 is 1.96 bits per heavy atom. The van der Waals surface area contributed by atoms with Crippen molar-refractivity contribution in [3.8, 4) is 0 Å². The van der Waals surface area contributed by atoms with Crippen molar-refractivity contribution in [2.75, 3.05) is 0 Å². The van der Waals surface area contributed by atoms with Crippen LogP contribution in [-0.4, -0.2) is 0 Å². The van der Waals surface area contributed by atoms with Gasteiger partial charge in [-0.05, 0) is 73.5 Å². The Kier molecular flexibility index (Phi) is 15.4. The van der Waals surface area contributed by atoms with E-state index in [0.717, 1.165) is 29.6 Å². The van der Waals surface area contributed by atoms with Gasteiger partial charge >= 0.3 is 37.9 Å². The summed E-state index contributed by atoms with van der Waals surface area (Å²) in [4.78, 5) is 0. The fraction of sp³-hybridized carbons (Fsp3) is 0.760. The van der Waals surface area contributed by atoms with Crippen molar-refractivity contribution in [2.24, 2.45) is 35.0 Å². The first kappa shape index (κ1) is 28.9. The molecule has 0 bridgehead atoms. The molecule has 2 saturated carbocycles. The number of fused-ring (bicyclic) bond motifs is 1. The SMILES string of the molecule is CCCCC1CC(C(CC)(CC)C2CCCC2)C2C=CC=CC12.[CH3-].[CH3-].[Cl][Zr+2][Cl]. The van der Waals surface area contributed by atoms with E-state index in [9.17, 15) is 0 Å². The maximum absolute atomic E-state index is 4.93. The maximum atomic E-state index is 4.93. The molecule has 0 aliphatic heterocycles. The van der Waals surface area contributed by atoms with E-state index in [0.29, 0.717) is 5.41 Å². The summed E-state index contributed by atoms with van der Waals surface area (Å²) in [7, 11) is 9.87. The van der Waals surface area contributed by atoms with Crippen molar-refractivity contribution in [3.63, 3.8) is 0 Å². The van der Waals surface area contributed by atoms with Crippen molar-refractivity contribution < 1.29 is 20.8 Å². The Labute approximate surface area is 196 Å². The van der Waals surface area contributed by atoms with E-state index < -0.39 is 20.8 Å². The molecular weight excluding hydrogens is 462 g/mol. The Morgan fingerprint density at radius 1 is 0.929 bits per heavy atom. The van der Waals surface area contributed by atoms with E-state index in [4.69, 9.17) is 17.0 Å². The Hall–Kier alpha value is 0.943. The Balaban J connectivity index is 0.00000137. The standard InChI is InChI=1S/C23H38.2CH3.2ClH.Zr/c1-4-7-12-18-17-22(21-16-11-10-15-20(18)21)23(5-2,6-3)19-13-8-9-14-19;;;;;/h10-11,15-16,18-22H,4-9,12-14,17H2,1-3H3;2*1H3;2*1H;/q;2*-1;;;+4/p-2. The molecule has 0 nitrogen and oxygen atoms in total. The second-order valence-corrected chi connectivity index (χ2v) is 12.4. The van der Waals surface area contributed by atoms with Crippen LogP contribution in [-0.2, 0) is 20.8 Å². The predicted octanol–water partition coefficient (Wildman–Crippen LogP) is 9.44. The number of hydrogen-bond donors (Lipinski definition) is 0. The van der Waals surface area contributed by atoms with Gasteiger partial charge in [0.05, 0.1) is 0 Å². The Bertz CT molecular complexity index is 449. The molecule has 0 heterocycles. The zero-order chi connectivity index (χ0) is 19.0. The van der Waals surface area contributed by atoms with E-state index >= 15 is 0 Å². The van der Waals surface area contributed by atoms with Gasteiger partial charge in [-0.1, -0.05) is 70.8 Å². The predicted molar refractivity (Wildman–Crippen MR) is 126 cm³/mol. The molecule has 3 heteroatoms. The van der Waals surface area contributed by atoms with E-state index in [-0.39, 0.29) is 14.9 Å². The van der Waals surface area contributed by atoms with Crippen molar-refractivity contribution in [1.29, 1.82) is 0 Å². The van der Waals surface area contributed by atoms with Crippen LogP contribution in [0.4, 0.5) is 0 Å². The summed E-state index contributed by atoms with van der Waals surface area (Å²) in [5, 5.41) is 0. The van der Waals surface area contributed by atoms with E-state index in [1.165, 1.54) is 64.2 Å².